The molecule has 194 valence electrons. The fourth-order valence-electron chi connectivity index (χ4n) is 4.06. The van der Waals surface area contributed by atoms with Crippen molar-refractivity contribution in [2.75, 3.05) is 20.3 Å². The molecule has 0 radical (unpaired) electrons. The van der Waals surface area contributed by atoms with Gasteiger partial charge in [0.25, 0.3) is 5.56 Å². The van der Waals surface area contributed by atoms with Crippen molar-refractivity contribution in [3.05, 3.63) is 81.4 Å². The maximum atomic E-state index is 13.8. The van der Waals surface area contributed by atoms with Gasteiger partial charge in [-0.1, -0.05) is 17.4 Å². The largest absolute Gasteiger partial charge is 0.506 e. The van der Waals surface area contributed by atoms with Gasteiger partial charge in [-0.25, -0.2) is 9.79 Å². The summed E-state index contributed by atoms with van der Waals surface area (Å²) in [6, 6.07) is 7.97. The Morgan fingerprint density at radius 2 is 1.86 bits per heavy atom. The lowest BCUT2D eigenvalue weighted by Crippen LogP contribution is -2.40. The van der Waals surface area contributed by atoms with Crippen LogP contribution in [0.25, 0.3) is 6.08 Å². The van der Waals surface area contributed by atoms with Crippen molar-refractivity contribution in [3.8, 4) is 17.2 Å². The van der Waals surface area contributed by atoms with Crippen molar-refractivity contribution in [2.24, 2.45) is 4.99 Å². The molecular weight excluding hydrogens is 628 g/mol. The second-order valence-electron chi connectivity index (χ2n) is 7.98. The number of phenols is 1. The summed E-state index contributed by atoms with van der Waals surface area (Å²) in [5, 5.41) is 10.0. The third-order valence-electron chi connectivity index (χ3n) is 5.66. The van der Waals surface area contributed by atoms with Crippen LogP contribution in [-0.4, -0.2) is 36.0 Å². The molecule has 0 aliphatic carbocycles. The number of carbonyl (C=O) groups is 1. The number of nitrogens with zero attached hydrogens (tertiary/aromatic N) is 2. The summed E-state index contributed by atoms with van der Waals surface area (Å²) in [7, 11) is 1.55. The number of carbonyl (C=O) groups excluding carboxylic acids is 1. The number of benzene rings is 2. The Kier molecular flexibility index (Phi) is 8.25. The van der Waals surface area contributed by atoms with E-state index < -0.39 is 12.0 Å². The van der Waals surface area contributed by atoms with Crippen LogP contribution in [0.5, 0.6) is 17.2 Å². The minimum atomic E-state index is -0.777. The Balaban J connectivity index is 1.97. The van der Waals surface area contributed by atoms with Crippen LogP contribution in [0.1, 0.15) is 37.9 Å². The number of phenolic OH excluding ortho intramolecular Hbond substituents is 1. The highest BCUT2D eigenvalue weighted by Crippen LogP contribution is 2.36. The number of hydrogen-bond donors (Lipinski definition) is 1. The van der Waals surface area contributed by atoms with Gasteiger partial charge >= 0.3 is 5.97 Å². The van der Waals surface area contributed by atoms with E-state index in [-0.39, 0.29) is 23.5 Å². The van der Waals surface area contributed by atoms with Gasteiger partial charge in [-0.05, 0) is 94.1 Å². The first kappa shape index (κ1) is 27.2. The Bertz CT molecular complexity index is 1570. The predicted octanol–water partition coefficient (Wildman–Crippen LogP) is 4.44. The number of esters is 1. The number of ether oxygens (including phenoxy) is 3. The zero-order chi connectivity index (χ0) is 26.9. The molecule has 1 N–H and O–H groups in total. The van der Waals surface area contributed by atoms with Crippen LogP contribution >= 0.6 is 43.2 Å². The number of methoxy groups -OCH3 is 1. The number of hydrogen-bond acceptors (Lipinski definition) is 8. The van der Waals surface area contributed by atoms with E-state index in [1.165, 1.54) is 15.9 Å². The Morgan fingerprint density at radius 3 is 2.49 bits per heavy atom. The minimum Gasteiger partial charge on any atom is -0.506 e. The lowest BCUT2D eigenvalue weighted by atomic mass is 9.95. The van der Waals surface area contributed by atoms with E-state index in [0.29, 0.717) is 53.2 Å². The lowest BCUT2D eigenvalue weighted by molar-refractivity contribution is -0.139. The van der Waals surface area contributed by atoms with Crippen molar-refractivity contribution in [3.63, 3.8) is 0 Å². The molecule has 0 fully saturated rings. The molecule has 1 atom stereocenters. The first-order valence-electron chi connectivity index (χ1n) is 11.4. The number of rotatable bonds is 7. The van der Waals surface area contributed by atoms with Gasteiger partial charge in [-0.15, -0.1) is 0 Å². The first-order valence-corrected chi connectivity index (χ1v) is 13.8. The first-order chi connectivity index (χ1) is 17.7. The molecule has 1 aromatic heterocycles. The van der Waals surface area contributed by atoms with E-state index in [1.807, 2.05) is 6.92 Å². The molecule has 0 spiro atoms. The van der Waals surface area contributed by atoms with Crippen LogP contribution in [-0.2, 0) is 9.53 Å². The van der Waals surface area contributed by atoms with Gasteiger partial charge in [0.1, 0.15) is 5.75 Å². The Morgan fingerprint density at radius 1 is 1.16 bits per heavy atom. The molecule has 2 heterocycles. The number of halogens is 2. The van der Waals surface area contributed by atoms with Gasteiger partial charge in [0.15, 0.2) is 16.3 Å². The van der Waals surface area contributed by atoms with Crippen LogP contribution in [0, 0.1) is 0 Å². The number of thiazole rings is 1. The fraction of sp³-hybridized carbons (Fsp3) is 0.269. The maximum Gasteiger partial charge on any atom is 0.338 e. The van der Waals surface area contributed by atoms with E-state index in [2.05, 4.69) is 36.9 Å². The van der Waals surface area contributed by atoms with Gasteiger partial charge in [0, 0.05) is 0 Å². The molecule has 0 amide bonds. The molecule has 1 aliphatic rings. The minimum absolute atomic E-state index is 0.0675. The standard InChI is InChI=1S/C26H24Br2N2O6S/c1-5-35-19-12-15(7-8-18(19)34-4)22-21(25(33)36-6-2)13(3)29-26-30(22)24(32)20(37-26)11-14-9-16(27)23(31)17(28)10-14/h7-12,22,31H,5-6H2,1-4H3/b20-11-/t22-/m1/s1. The van der Waals surface area contributed by atoms with Gasteiger partial charge in [0.2, 0.25) is 0 Å². The molecule has 0 bridgehead atoms. The monoisotopic (exact) mass is 650 g/mol. The summed E-state index contributed by atoms with van der Waals surface area (Å²) < 4.78 is 19.4. The summed E-state index contributed by atoms with van der Waals surface area (Å²) in [5.41, 5.74) is 1.80. The normalized spacial score (nSPS) is 15.3. The smallest absolute Gasteiger partial charge is 0.338 e. The molecule has 4 rings (SSSR count). The molecule has 37 heavy (non-hydrogen) atoms. The molecule has 0 saturated heterocycles. The van der Waals surface area contributed by atoms with Gasteiger partial charge in [0.05, 0.1) is 51.1 Å². The second-order valence-corrected chi connectivity index (χ2v) is 10.7. The average Bonchev–Trinajstić information content (AvgIpc) is 3.16. The summed E-state index contributed by atoms with van der Waals surface area (Å²) in [6.07, 6.45) is 1.72. The van der Waals surface area contributed by atoms with Crippen molar-refractivity contribution in [1.82, 2.24) is 4.57 Å². The highest BCUT2D eigenvalue weighted by Gasteiger charge is 2.34. The number of allylic oxidation sites excluding steroid dienone is 1. The number of aromatic hydroxyl groups is 1. The van der Waals surface area contributed by atoms with Crippen LogP contribution < -0.4 is 24.4 Å². The quantitative estimate of drug-likeness (QED) is 0.380. The summed E-state index contributed by atoms with van der Waals surface area (Å²) in [5.74, 6) is 0.572. The van der Waals surface area contributed by atoms with Crippen molar-refractivity contribution >= 4 is 55.2 Å². The topological polar surface area (TPSA) is 99.4 Å². The number of fused-ring (bicyclic) bond motifs is 1. The van der Waals surface area contributed by atoms with Gasteiger partial charge in [-0.3, -0.25) is 9.36 Å². The highest BCUT2D eigenvalue weighted by molar-refractivity contribution is 9.11. The third kappa shape index (κ3) is 5.25. The van der Waals surface area contributed by atoms with E-state index in [1.54, 1.807) is 57.4 Å². The SMILES string of the molecule is CCOC(=O)C1=C(C)N=c2s/c(=C\c3cc(Br)c(O)c(Br)c3)c(=O)n2[C@@H]1c1ccc(OC)c(OCC)c1. The maximum absolute atomic E-state index is 13.8. The van der Waals surface area contributed by atoms with Crippen molar-refractivity contribution in [1.29, 1.82) is 0 Å². The summed E-state index contributed by atoms with van der Waals surface area (Å²) >= 11 is 7.87. The van der Waals surface area contributed by atoms with E-state index in [0.717, 1.165) is 0 Å². The molecule has 0 unspecified atom stereocenters. The van der Waals surface area contributed by atoms with Crippen LogP contribution in [0.3, 0.4) is 0 Å². The molecule has 2 aromatic carbocycles. The Labute approximate surface area is 233 Å². The van der Waals surface area contributed by atoms with Crippen molar-refractivity contribution in [2.45, 2.75) is 26.8 Å². The number of aromatic nitrogens is 1. The zero-order valence-corrected chi connectivity index (χ0v) is 24.5. The summed E-state index contributed by atoms with van der Waals surface area (Å²) in [4.78, 5) is 31.9. The fourth-order valence-corrected chi connectivity index (χ4v) is 6.33. The zero-order valence-electron chi connectivity index (χ0n) is 20.5. The van der Waals surface area contributed by atoms with E-state index >= 15 is 0 Å². The van der Waals surface area contributed by atoms with E-state index in [4.69, 9.17) is 14.2 Å². The summed E-state index contributed by atoms with van der Waals surface area (Å²) in [6.45, 7) is 5.93. The lowest BCUT2D eigenvalue weighted by Gasteiger charge is -2.25. The average molecular weight is 652 g/mol. The molecule has 11 heteroatoms. The van der Waals surface area contributed by atoms with Crippen molar-refractivity contribution < 1.29 is 24.1 Å². The molecule has 1 aliphatic heterocycles. The third-order valence-corrected chi connectivity index (χ3v) is 7.85. The molecule has 3 aromatic rings. The van der Waals surface area contributed by atoms with Crippen LogP contribution in [0.4, 0.5) is 0 Å². The highest BCUT2D eigenvalue weighted by atomic mass is 79.9. The molecular formula is C26H24Br2N2O6S. The second kappa shape index (κ2) is 11.2. The molecule has 0 saturated carbocycles. The predicted molar refractivity (Wildman–Crippen MR) is 148 cm³/mol. The van der Waals surface area contributed by atoms with Crippen LogP contribution in [0.15, 0.2) is 60.3 Å². The van der Waals surface area contributed by atoms with Gasteiger partial charge < -0.3 is 19.3 Å². The Hall–Kier alpha value is -2.89. The van der Waals surface area contributed by atoms with E-state index in [9.17, 15) is 14.7 Å². The van der Waals surface area contributed by atoms with Crippen LogP contribution in [0.2, 0.25) is 0 Å². The van der Waals surface area contributed by atoms with Gasteiger partial charge in [-0.2, -0.15) is 0 Å². The molecule has 8 nitrogen and oxygen atoms in total.